The SMILES string of the molecule is Cc1cc(OC(C)C(=O)NCC(O)c2ccsc2)ccc1Cl. The minimum atomic E-state index is -0.708. The van der Waals surface area contributed by atoms with E-state index in [0.29, 0.717) is 10.8 Å². The van der Waals surface area contributed by atoms with Crippen LogP contribution in [0.4, 0.5) is 0 Å². The Hall–Kier alpha value is -1.56. The molecule has 4 nitrogen and oxygen atoms in total. The molecule has 0 saturated heterocycles. The third kappa shape index (κ3) is 4.47. The van der Waals surface area contributed by atoms with Gasteiger partial charge in [-0.15, -0.1) is 0 Å². The monoisotopic (exact) mass is 339 g/mol. The minimum Gasteiger partial charge on any atom is -0.481 e. The van der Waals surface area contributed by atoms with Gasteiger partial charge in [0.05, 0.1) is 6.10 Å². The molecule has 118 valence electrons. The molecule has 0 aliphatic rings. The van der Waals surface area contributed by atoms with Crippen LogP contribution in [0.15, 0.2) is 35.0 Å². The van der Waals surface area contributed by atoms with Crippen LogP contribution in [0, 0.1) is 6.92 Å². The number of thiophene rings is 1. The van der Waals surface area contributed by atoms with Crippen molar-refractivity contribution >= 4 is 28.8 Å². The average molecular weight is 340 g/mol. The van der Waals surface area contributed by atoms with E-state index in [1.807, 2.05) is 23.8 Å². The zero-order valence-corrected chi connectivity index (χ0v) is 13.9. The summed E-state index contributed by atoms with van der Waals surface area (Å²) in [6.45, 7) is 3.69. The van der Waals surface area contributed by atoms with E-state index in [4.69, 9.17) is 16.3 Å². The van der Waals surface area contributed by atoms with Crippen molar-refractivity contribution in [2.45, 2.75) is 26.1 Å². The molecule has 22 heavy (non-hydrogen) atoms. The Labute approximate surface area is 138 Å². The summed E-state index contributed by atoms with van der Waals surface area (Å²) in [5.74, 6) is 0.310. The van der Waals surface area contributed by atoms with E-state index < -0.39 is 12.2 Å². The van der Waals surface area contributed by atoms with Gasteiger partial charge < -0.3 is 15.2 Å². The third-order valence-electron chi connectivity index (χ3n) is 3.21. The lowest BCUT2D eigenvalue weighted by Crippen LogP contribution is -2.38. The topological polar surface area (TPSA) is 58.6 Å². The molecule has 1 aromatic carbocycles. The van der Waals surface area contributed by atoms with Gasteiger partial charge in [0.25, 0.3) is 5.91 Å². The standard InChI is InChI=1S/C16H18ClNO3S/c1-10-7-13(3-4-14(10)17)21-11(2)16(20)18-8-15(19)12-5-6-22-9-12/h3-7,9,11,15,19H,8H2,1-2H3,(H,18,20). The van der Waals surface area contributed by atoms with Gasteiger partial charge in [0, 0.05) is 11.6 Å². The Bertz CT molecular complexity index is 630. The predicted octanol–water partition coefficient (Wildman–Crippen LogP) is 3.33. The van der Waals surface area contributed by atoms with Gasteiger partial charge in [0.2, 0.25) is 0 Å². The fourth-order valence-electron chi connectivity index (χ4n) is 1.87. The van der Waals surface area contributed by atoms with Crippen molar-refractivity contribution in [3.8, 4) is 5.75 Å². The maximum atomic E-state index is 12.0. The summed E-state index contributed by atoms with van der Waals surface area (Å²) in [7, 11) is 0. The molecule has 0 radical (unpaired) electrons. The summed E-state index contributed by atoms with van der Waals surface area (Å²) in [5.41, 5.74) is 1.69. The number of aliphatic hydroxyl groups excluding tert-OH is 1. The maximum absolute atomic E-state index is 12.0. The Morgan fingerprint density at radius 2 is 2.23 bits per heavy atom. The fraction of sp³-hybridized carbons (Fsp3) is 0.312. The molecular formula is C16H18ClNO3S. The van der Waals surface area contributed by atoms with Gasteiger partial charge in [-0.25, -0.2) is 0 Å². The molecule has 0 bridgehead atoms. The Morgan fingerprint density at radius 1 is 1.45 bits per heavy atom. The van der Waals surface area contributed by atoms with Gasteiger partial charge in [-0.05, 0) is 60.0 Å². The van der Waals surface area contributed by atoms with E-state index in [0.717, 1.165) is 11.1 Å². The van der Waals surface area contributed by atoms with Crippen molar-refractivity contribution in [2.24, 2.45) is 0 Å². The normalized spacial score (nSPS) is 13.5. The Morgan fingerprint density at radius 3 is 2.86 bits per heavy atom. The number of hydrogen-bond acceptors (Lipinski definition) is 4. The first-order chi connectivity index (χ1) is 10.5. The van der Waals surface area contributed by atoms with Crippen LogP contribution in [0.3, 0.4) is 0 Å². The maximum Gasteiger partial charge on any atom is 0.260 e. The molecule has 0 fully saturated rings. The summed E-state index contributed by atoms with van der Waals surface area (Å²) < 4.78 is 5.58. The van der Waals surface area contributed by atoms with Gasteiger partial charge >= 0.3 is 0 Å². The Kier molecular flexibility index (Phi) is 5.83. The highest BCUT2D eigenvalue weighted by Crippen LogP contribution is 2.22. The predicted molar refractivity (Wildman–Crippen MR) is 88.6 cm³/mol. The first-order valence-corrected chi connectivity index (χ1v) is 8.20. The second-order valence-corrected chi connectivity index (χ2v) is 6.18. The van der Waals surface area contributed by atoms with Crippen molar-refractivity contribution < 1.29 is 14.6 Å². The number of aryl methyl sites for hydroxylation is 1. The van der Waals surface area contributed by atoms with Gasteiger partial charge in [-0.1, -0.05) is 11.6 Å². The van der Waals surface area contributed by atoms with Gasteiger partial charge in [0.15, 0.2) is 6.10 Å². The molecule has 0 aliphatic heterocycles. The lowest BCUT2D eigenvalue weighted by atomic mass is 10.2. The van der Waals surface area contributed by atoms with Gasteiger partial charge in [-0.3, -0.25) is 4.79 Å². The van der Waals surface area contributed by atoms with Crippen LogP contribution in [-0.4, -0.2) is 23.7 Å². The van der Waals surface area contributed by atoms with Crippen LogP contribution < -0.4 is 10.1 Å². The van der Waals surface area contributed by atoms with Crippen molar-refractivity contribution in [1.29, 1.82) is 0 Å². The van der Waals surface area contributed by atoms with Crippen molar-refractivity contribution in [2.75, 3.05) is 6.54 Å². The van der Waals surface area contributed by atoms with Crippen molar-refractivity contribution in [3.05, 3.63) is 51.2 Å². The summed E-state index contributed by atoms with van der Waals surface area (Å²) in [6, 6.07) is 7.07. The molecular weight excluding hydrogens is 322 g/mol. The molecule has 0 aliphatic carbocycles. The minimum absolute atomic E-state index is 0.156. The fourth-order valence-corrected chi connectivity index (χ4v) is 2.70. The van der Waals surface area contributed by atoms with Crippen LogP contribution >= 0.6 is 22.9 Å². The molecule has 2 atom stereocenters. The number of hydrogen-bond donors (Lipinski definition) is 2. The number of aliphatic hydroxyl groups is 1. The average Bonchev–Trinajstić information content (AvgIpc) is 3.02. The summed E-state index contributed by atoms with van der Waals surface area (Å²) >= 11 is 7.46. The van der Waals surface area contributed by atoms with E-state index in [-0.39, 0.29) is 12.5 Å². The van der Waals surface area contributed by atoms with Crippen molar-refractivity contribution in [1.82, 2.24) is 5.32 Å². The number of carbonyl (C=O) groups is 1. The zero-order valence-electron chi connectivity index (χ0n) is 12.4. The van der Waals surface area contributed by atoms with Crippen LogP contribution in [0.5, 0.6) is 5.75 Å². The molecule has 1 heterocycles. The number of amides is 1. The summed E-state index contributed by atoms with van der Waals surface area (Å²) in [5, 5.41) is 17.0. The highest BCUT2D eigenvalue weighted by atomic mass is 35.5. The van der Waals surface area contributed by atoms with Crippen LogP contribution in [0.2, 0.25) is 5.02 Å². The number of halogens is 1. The molecule has 0 spiro atoms. The number of benzene rings is 1. The molecule has 6 heteroatoms. The zero-order chi connectivity index (χ0) is 16.1. The van der Waals surface area contributed by atoms with Crippen molar-refractivity contribution in [3.63, 3.8) is 0 Å². The second-order valence-electron chi connectivity index (χ2n) is 4.99. The summed E-state index contributed by atoms with van der Waals surface area (Å²) in [4.78, 5) is 12.0. The quantitative estimate of drug-likeness (QED) is 0.848. The molecule has 0 saturated carbocycles. The molecule has 1 aromatic heterocycles. The third-order valence-corrected chi connectivity index (χ3v) is 4.33. The molecule has 1 amide bonds. The van der Waals surface area contributed by atoms with Gasteiger partial charge in [-0.2, -0.15) is 11.3 Å². The molecule has 2 aromatic rings. The molecule has 2 rings (SSSR count). The highest BCUT2D eigenvalue weighted by Gasteiger charge is 2.17. The summed E-state index contributed by atoms with van der Waals surface area (Å²) in [6.07, 6.45) is -1.37. The molecule has 2 N–H and O–H groups in total. The van der Waals surface area contributed by atoms with E-state index in [1.54, 1.807) is 25.1 Å². The molecule has 2 unspecified atom stereocenters. The van der Waals surface area contributed by atoms with Gasteiger partial charge in [0.1, 0.15) is 5.75 Å². The largest absolute Gasteiger partial charge is 0.481 e. The number of carbonyl (C=O) groups excluding carboxylic acids is 1. The van der Waals surface area contributed by atoms with E-state index >= 15 is 0 Å². The van der Waals surface area contributed by atoms with E-state index in [2.05, 4.69) is 5.32 Å². The van der Waals surface area contributed by atoms with E-state index in [1.165, 1.54) is 11.3 Å². The lowest BCUT2D eigenvalue weighted by Gasteiger charge is -2.17. The number of ether oxygens (including phenoxy) is 1. The first kappa shape index (κ1) is 16.8. The lowest BCUT2D eigenvalue weighted by molar-refractivity contribution is -0.127. The first-order valence-electron chi connectivity index (χ1n) is 6.88. The van der Waals surface area contributed by atoms with Crippen LogP contribution in [-0.2, 0) is 4.79 Å². The van der Waals surface area contributed by atoms with Crippen LogP contribution in [0.1, 0.15) is 24.2 Å². The van der Waals surface area contributed by atoms with E-state index in [9.17, 15) is 9.90 Å². The highest BCUT2D eigenvalue weighted by molar-refractivity contribution is 7.07. The van der Waals surface area contributed by atoms with Crippen LogP contribution in [0.25, 0.3) is 0 Å². The second kappa shape index (κ2) is 7.63. The number of nitrogens with one attached hydrogen (secondary N) is 1. The Balaban J connectivity index is 1.85. The smallest absolute Gasteiger partial charge is 0.260 e. The number of rotatable bonds is 6.